The highest BCUT2D eigenvalue weighted by atomic mass is 16.6. The third-order valence-electron chi connectivity index (χ3n) is 4.85. The van der Waals surface area contributed by atoms with E-state index in [2.05, 4.69) is 39.2 Å². The van der Waals surface area contributed by atoms with E-state index in [0.29, 0.717) is 12.0 Å². The molecule has 3 fully saturated rings. The molecule has 3 heterocycles. The van der Waals surface area contributed by atoms with Crippen LogP contribution in [-0.4, -0.2) is 73.7 Å². The van der Waals surface area contributed by atoms with E-state index in [1.807, 2.05) is 0 Å². The summed E-state index contributed by atoms with van der Waals surface area (Å²) in [6, 6.07) is 4.83. The molecule has 4 rings (SSSR count). The molecule has 1 saturated carbocycles. The second kappa shape index (κ2) is 6.10. The summed E-state index contributed by atoms with van der Waals surface area (Å²) in [4.78, 5) is 4.67. The summed E-state index contributed by atoms with van der Waals surface area (Å²) >= 11 is 0. The van der Waals surface area contributed by atoms with E-state index in [1.54, 1.807) is 0 Å². The molecule has 0 spiro atoms. The van der Waals surface area contributed by atoms with Gasteiger partial charge in [-0.2, -0.15) is 5.10 Å². The molecule has 0 amide bonds. The van der Waals surface area contributed by atoms with Gasteiger partial charge in [-0.3, -0.25) is 4.90 Å². The number of anilines is 1. The zero-order valence-electron chi connectivity index (χ0n) is 13.1. The van der Waals surface area contributed by atoms with Gasteiger partial charge in [0.1, 0.15) is 0 Å². The van der Waals surface area contributed by atoms with E-state index in [-0.39, 0.29) is 6.10 Å². The first-order valence-corrected chi connectivity index (χ1v) is 8.28. The van der Waals surface area contributed by atoms with Gasteiger partial charge in [0.25, 0.3) is 0 Å². The zero-order chi connectivity index (χ0) is 14.9. The van der Waals surface area contributed by atoms with Gasteiger partial charge in [0.05, 0.1) is 31.6 Å². The molecule has 1 aromatic rings. The van der Waals surface area contributed by atoms with Crippen LogP contribution in [0.1, 0.15) is 24.5 Å². The minimum Gasteiger partial charge on any atom is -0.376 e. The van der Waals surface area contributed by atoms with Crippen molar-refractivity contribution in [1.82, 2.24) is 15.1 Å². The molecule has 0 bridgehead atoms. The van der Waals surface area contributed by atoms with Gasteiger partial charge in [0, 0.05) is 31.6 Å². The molecule has 22 heavy (non-hydrogen) atoms. The largest absolute Gasteiger partial charge is 0.376 e. The van der Waals surface area contributed by atoms with E-state index in [9.17, 15) is 0 Å². The Kier molecular flexibility index (Phi) is 3.98. The SMILES string of the molecule is CN(CC1COCCO1)C1CN(c2ccc(C3CC3)nn2)C1. The molecule has 120 valence electrons. The molecule has 1 aromatic heterocycles. The van der Waals surface area contributed by atoms with Crippen LogP contribution in [0.3, 0.4) is 0 Å². The Labute approximate surface area is 131 Å². The molecule has 0 radical (unpaired) electrons. The van der Waals surface area contributed by atoms with E-state index >= 15 is 0 Å². The quantitative estimate of drug-likeness (QED) is 0.805. The highest BCUT2D eigenvalue weighted by Crippen LogP contribution is 2.38. The Morgan fingerprint density at radius 3 is 2.73 bits per heavy atom. The molecule has 1 unspecified atom stereocenters. The van der Waals surface area contributed by atoms with Gasteiger partial charge in [-0.25, -0.2) is 0 Å². The van der Waals surface area contributed by atoms with E-state index in [0.717, 1.165) is 51.0 Å². The molecule has 6 heteroatoms. The molecule has 1 aliphatic carbocycles. The van der Waals surface area contributed by atoms with Crippen molar-refractivity contribution in [3.05, 3.63) is 17.8 Å². The number of ether oxygens (including phenoxy) is 2. The van der Waals surface area contributed by atoms with Crippen LogP contribution < -0.4 is 4.90 Å². The molecular formula is C16H24N4O2. The van der Waals surface area contributed by atoms with Crippen molar-refractivity contribution in [2.24, 2.45) is 0 Å². The van der Waals surface area contributed by atoms with Crippen LogP contribution in [0.25, 0.3) is 0 Å². The lowest BCUT2D eigenvalue weighted by molar-refractivity contribution is -0.0990. The van der Waals surface area contributed by atoms with Crippen molar-refractivity contribution in [2.45, 2.75) is 30.9 Å². The van der Waals surface area contributed by atoms with Crippen molar-refractivity contribution in [1.29, 1.82) is 0 Å². The minimum absolute atomic E-state index is 0.213. The maximum Gasteiger partial charge on any atom is 0.151 e. The van der Waals surface area contributed by atoms with Gasteiger partial charge in [-0.1, -0.05) is 0 Å². The van der Waals surface area contributed by atoms with Gasteiger partial charge in [-0.15, -0.1) is 5.10 Å². The number of nitrogens with zero attached hydrogens (tertiary/aromatic N) is 4. The van der Waals surface area contributed by atoms with Gasteiger partial charge >= 0.3 is 0 Å². The standard InChI is InChI=1S/C16H24N4O2/c1-19(10-14-11-21-6-7-22-14)13-8-20(9-13)16-5-4-15(17-18-16)12-2-3-12/h4-5,12-14H,2-3,6-11H2,1H3. The fourth-order valence-corrected chi connectivity index (χ4v) is 3.13. The van der Waals surface area contributed by atoms with Crippen molar-refractivity contribution >= 4 is 5.82 Å². The summed E-state index contributed by atoms with van der Waals surface area (Å²) in [5, 5.41) is 8.75. The van der Waals surface area contributed by atoms with Gasteiger partial charge in [0.2, 0.25) is 0 Å². The number of hydrogen-bond donors (Lipinski definition) is 0. The van der Waals surface area contributed by atoms with Crippen LogP contribution in [0.5, 0.6) is 0 Å². The normalized spacial score (nSPS) is 26.3. The van der Waals surface area contributed by atoms with E-state index in [1.165, 1.54) is 12.8 Å². The number of aromatic nitrogens is 2. The molecule has 2 aliphatic heterocycles. The Hall–Kier alpha value is -1.24. The van der Waals surface area contributed by atoms with Crippen molar-refractivity contribution in [3.63, 3.8) is 0 Å². The highest BCUT2D eigenvalue weighted by Gasteiger charge is 2.33. The predicted octanol–water partition coefficient (Wildman–Crippen LogP) is 0.890. The summed E-state index contributed by atoms with van der Waals surface area (Å²) in [6.45, 7) is 5.13. The Morgan fingerprint density at radius 2 is 2.09 bits per heavy atom. The molecule has 0 aromatic carbocycles. The number of rotatable bonds is 5. The van der Waals surface area contributed by atoms with Crippen LogP contribution in [0.15, 0.2) is 12.1 Å². The number of hydrogen-bond acceptors (Lipinski definition) is 6. The van der Waals surface area contributed by atoms with Crippen LogP contribution in [0.4, 0.5) is 5.82 Å². The highest BCUT2D eigenvalue weighted by molar-refractivity contribution is 5.42. The maximum atomic E-state index is 5.72. The molecule has 0 N–H and O–H groups in total. The minimum atomic E-state index is 0.213. The predicted molar refractivity (Wildman–Crippen MR) is 83.2 cm³/mol. The molecular weight excluding hydrogens is 280 g/mol. The Balaban J connectivity index is 1.25. The topological polar surface area (TPSA) is 50.7 Å². The van der Waals surface area contributed by atoms with Crippen molar-refractivity contribution < 1.29 is 9.47 Å². The molecule has 3 aliphatic rings. The van der Waals surface area contributed by atoms with E-state index in [4.69, 9.17) is 9.47 Å². The summed E-state index contributed by atoms with van der Waals surface area (Å²) in [6.07, 6.45) is 2.76. The molecule has 1 atom stereocenters. The second-order valence-corrected chi connectivity index (χ2v) is 6.66. The van der Waals surface area contributed by atoms with Crippen LogP contribution in [0, 0.1) is 0 Å². The summed E-state index contributed by atoms with van der Waals surface area (Å²) < 4.78 is 11.2. The Bertz CT molecular complexity index is 493. The van der Waals surface area contributed by atoms with Crippen LogP contribution in [0.2, 0.25) is 0 Å². The average molecular weight is 304 g/mol. The molecule has 2 saturated heterocycles. The third kappa shape index (κ3) is 3.09. The third-order valence-corrected chi connectivity index (χ3v) is 4.85. The van der Waals surface area contributed by atoms with E-state index < -0.39 is 0 Å². The summed E-state index contributed by atoms with van der Waals surface area (Å²) in [5.41, 5.74) is 1.16. The average Bonchev–Trinajstić information content (AvgIpc) is 3.32. The zero-order valence-corrected chi connectivity index (χ0v) is 13.1. The number of likely N-dealkylation sites (N-methyl/N-ethyl adjacent to an activating group) is 1. The first-order chi connectivity index (χ1) is 10.8. The van der Waals surface area contributed by atoms with Gasteiger partial charge < -0.3 is 14.4 Å². The van der Waals surface area contributed by atoms with Gasteiger partial charge in [0.15, 0.2) is 5.82 Å². The smallest absolute Gasteiger partial charge is 0.151 e. The maximum absolute atomic E-state index is 5.72. The lowest BCUT2D eigenvalue weighted by Gasteiger charge is -2.45. The fraction of sp³-hybridized carbons (Fsp3) is 0.750. The second-order valence-electron chi connectivity index (χ2n) is 6.66. The summed E-state index contributed by atoms with van der Waals surface area (Å²) in [7, 11) is 2.17. The van der Waals surface area contributed by atoms with Crippen molar-refractivity contribution in [3.8, 4) is 0 Å². The van der Waals surface area contributed by atoms with Crippen LogP contribution in [-0.2, 0) is 9.47 Å². The first kappa shape index (κ1) is 14.4. The molecule has 6 nitrogen and oxygen atoms in total. The van der Waals surface area contributed by atoms with Gasteiger partial charge in [-0.05, 0) is 32.0 Å². The first-order valence-electron chi connectivity index (χ1n) is 8.28. The van der Waals surface area contributed by atoms with Crippen LogP contribution >= 0.6 is 0 Å². The Morgan fingerprint density at radius 1 is 1.23 bits per heavy atom. The van der Waals surface area contributed by atoms with Crippen molar-refractivity contribution in [2.75, 3.05) is 51.4 Å². The fourth-order valence-electron chi connectivity index (χ4n) is 3.13. The lowest BCUT2D eigenvalue weighted by Crippen LogP contribution is -2.60. The monoisotopic (exact) mass is 304 g/mol. The lowest BCUT2D eigenvalue weighted by atomic mass is 10.1. The summed E-state index contributed by atoms with van der Waals surface area (Å²) in [5.74, 6) is 1.68.